The molecule has 0 aromatic carbocycles. The summed E-state index contributed by atoms with van der Waals surface area (Å²) in [7, 11) is 4.32. The van der Waals surface area contributed by atoms with E-state index in [4.69, 9.17) is 17.0 Å². The third kappa shape index (κ3) is 8.30. The zero-order chi connectivity index (χ0) is 9.40. The summed E-state index contributed by atoms with van der Waals surface area (Å²) in [5, 5.41) is 0. The lowest BCUT2D eigenvalue weighted by atomic mass is 10.5. The van der Waals surface area contributed by atoms with Crippen LogP contribution < -0.4 is 4.90 Å². The van der Waals surface area contributed by atoms with Crippen LogP contribution in [0.25, 0.3) is 0 Å². The van der Waals surface area contributed by atoms with Crippen molar-refractivity contribution in [2.24, 2.45) is 0 Å². The molecule has 0 radical (unpaired) electrons. The molecule has 0 rings (SSSR count). The Bertz CT molecular complexity index is 128. The average molecular weight is 208 g/mol. The van der Waals surface area contributed by atoms with Gasteiger partial charge in [-0.25, -0.2) is 0 Å². The van der Waals surface area contributed by atoms with Crippen molar-refractivity contribution in [1.29, 1.82) is 0 Å². The number of thiocarbonyl (C=S) groups is 1. The van der Waals surface area contributed by atoms with E-state index in [0.29, 0.717) is 11.0 Å². The Morgan fingerprint density at radius 2 is 2.17 bits per heavy atom. The van der Waals surface area contributed by atoms with Crippen LogP contribution in [-0.4, -0.2) is 37.4 Å². The first-order chi connectivity index (χ1) is 5.66. The summed E-state index contributed by atoms with van der Waals surface area (Å²) in [4.78, 5) is 1.48. The maximum absolute atomic E-state index is 5.14. The van der Waals surface area contributed by atoms with Crippen molar-refractivity contribution in [3.8, 4) is 0 Å². The number of thioether (sulfide) groups is 1. The Hall–Kier alpha value is 0.200. The van der Waals surface area contributed by atoms with E-state index in [1.165, 1.54) is 17.9 Å². The predicted molar refractivity (Wildman–Crippen MR) is 59.0 cm³/mol. The predicted octanol–water partition coefficient (Wildman–Crippen LogP) is 0.576. The molecular formula is C8H18NOS2+. The van der Waals surface area contributed by atoms with Crippen LogP contribution in [0.15, 0.2) is 0 Å². The SMILES string of the molecule is CCOC(=S)SCCC[NH+](C)C. The van der Waals surface area contributed by atoms with Crippen molar-refractivity contribution in [3.63, 3.8) is 0 Å². The molecule has 0 aliphatic carbocycles. The van der Waals surface area contributed by atoms with Gasteiger partial charge in [-0.15, -0.1) is 0 Å². The van der Waals surface area contributed by atoms with Gasteiger partial charge in [-0.3, -0.25) is 0 Å². The zero-order valence-corrected chi connectivity index (χ0v) is 9.69. The molecular weight excluding hydrogens is 190 g/mol. The fraction of sp³-hybridized carbons (Fsp3) is 0.875. The number of hydrogen-bond acceptors (Lipinski definition) is 3. The van der Waals surface area contributed by atoms with Crippen molar-refractivity contribution >= 4 is 28.4 Å². The molecule has 0 saturated heterocycles. The molecule has 0 bridgehead atoms. The van der Waals surface area contributed by atoms with Gasteiger partial charge in [0.05, 0.1) is 27.2 Å². The van der Waals surface area contributed by atoms with Gasteiger partial charge in [0, 0.05) is 12.2 Å². The van der Waals surface area contributed by atoms with E-state index in [1.807, 2.05) is 6.92 Å². The van der Waals surface area contributed by atoms with Crippen LogP contribution in [-0.2, 0) is 4.74 Å². The molecule has 0 aliphatic heterocycles. The van der Waals surface area contributed by atoms with Gasteiger partial charge >= 0.3 is 0 Å². The van der Waals surface area contributed by atoms with Gasteiger partial charge in [0.2, 0.25) is 4.38 Å². The molecule has 0 aromatic rings. The Kier molecular flexibility index (Phi) is 7.96. The quantitative estimate of drug-likeness (QED) is 0.525. The first kappa shape index (κ1) is 12.2. The fourth-order valence-corrected chi connectivity index (χ4v) is 1.77. The standard InChI is InChI=1S/C8H17NOS2/c1-4-10-8(11)12-7-5-6-9(2)3/h4-7H2,1-3H3/p+1. The van der Waals surface area contributed by atoms with E-state index in [1.54, 1.807) is 11.8 Å². The van der Waals surface area contributed by atoms with Crippen molar-refractivity contribution in [2.45, 2.75) is 13.3 Å². The Morgan fingerprint density at radius 3 is 2.67 bits per heavy atom. The highest BCUT2D eigenvalue weighted by atomic mass is 32.2. The summed E-state index contributed by atoms with van der Waals surface area (Å²) in [6.07, 6.45) is 1.19. The molecule has 4 heteroatoms. The lowest BCUT2D eigenvalue weighted by Crippen LogP contribution is -3.05. The first-order valence-electron chi connectivity index (χ1n) is 4.25. The van der Waals surface area contributed by atoms with Crippen molar-refractivity contribution in [3.05, 3.63) is 0 Å². The van der Waals surface area contributed by atoms with Crippen LogP contribution in [0.5, 0.6) is 0 Å². The molecule has 0 fully saturated rings. The third-order valence-corrected chi connectivity index (χ3v) is 2.62. The summed E-state index contributed by atoms with van der Waals surface area (Å²) in [6.45, 7) is 3.84. The van der Waals surface area contributed by atoms with Gasteiger partial charge in [0.1, 0.15) is 0 Å². The highest BCUT2D eigenvalue weighted by Crippen LogP contribution is 2.06. The van der Waals surface area contributed by atoms with Crippen LogP contribution >= 0.6 is 24.0 Å². The molecule has 0 atom stereocenters. The van der Waals surface area contributed by atoms with E-state index >= 15 is 0 Å². The average Bonchev–Trinajstić information content (AvgIpc) is 1.98. The Labute approximate surface area is 84.6 Å². The highest BCUT2D eigenvalue weighted by molar-refractivity contribution is 8.22. The third-order valence-electron chi connectivity index (χ3n) is 1.30. The first-order valence-corrected chi connectivity index (χ1v) is 5.64. The van der Waals surface area contributed by atoms with Crippen LogP contribution in [0.2, 0.25) is 0 Å². The lowest BCUT2D eigenvalue weighted by molar-refractivity contribution is -0.858. The summed E-state index contributed by atoms with van der Waals surface area (Å²) in [5.74, 6) is 1.07. The van der Waals surface area contributed by atoms with E-state index in [2.05, 4.69) is 14.1 Å². The molecule has 0 aromatic heterocycles. The lowest BCUT2D eigenvalue weighted by Gasteiger charge is -2.06. The van der Waals surface area contributed by atoms with Crippen molar-refractivity contribution < 1.29 is 9.64 Å². The summed E-state index contributed by atoms with van der Waals surface area (Å²) in [5.41, 5.74) is 0. The second-order valence-electron chi connectivity index (χ2n) is 2.84. The van der Waals surface area contributed by atoms with Gasteiger partial charge in [-0.05, 0) is 19.1 Å². The molecule has 0 spiro atoms. The molecule has 0 heterocycles. The van der Waals surface area contributed by atoms with Crippen molar-refractivity contribution in [2.75, 3.05) is 33.0 Å². The second kappa shape index (κ2) is 7.83. The summed E-state index contributed by atoms with van der Waals surface area (Å²) >= 11 is 6.61. The molecule has 0 saturated carbocycles. The minimum Gasteiger partial charge on any atom is -0.479 e. The van der Waals surface area contributed by atoms with Gasteiger partial charge in [-0.1, -0.05) is 11.8 Å². The van der Waals surface area contributed by atoms with E-state index in [0.717, 1.165) is 5.75 Å². The van der Waals surface area contributed by atoms with Gasteiger partial charge in [0.25, 0.3) is 0 Å². The van der Waals surface area contributed by atoms with Crippen molar-refractivity contribution in [1.82, 2.24) is 0 Å². The molecule has 0 unspecified atom stereocenters. The second-order valence-corrected chi connectivity index (χ2v) is 4.54. The van der Waals surface area contributed by atoms with E-state index in [-0.39, 0.29) is 0 Å². The number of nitrogens with one attached hydrogen (secondary N) is 1. The topological polar surface area (TPSA) is 13.7 Å². The number of ether oxygens (including phenoxy) is 1. The maximum atomic E-state index is 5.14. The molecule has 0 amide bonds. The van der Waals surface area contributed by atoms with E-state index in [9.17, 15) is 0 Å². The van der Waals surface area contributed by atoms with Gasteiger partial charge < -0.3 is 9.64 Å². The minimum absolute atomic E-state index is 0.685. The van der Waals surface area contributed by atoms with Gasteiger partial charge in [0.15, 0.2) is 0 Å². The molecule has 72 valence electrons. The summed E-state index contributed by atoms with van der Waals surface area (Å²) < 4.78 is 5.82. The minimum atomic E-state index is 0.685. The van der Waals surface area contributed by atoms with Crippen LogP contribution in [0.3, 0.4) is 0 Å². The molecule has 2 nitrogen and oxygen atoms in total. The largest absolute Gasteiger partial charge is 0.479 e. The Morgan fingerprint density at radius 1 is 1.50 bits per heavy atom. The maximum Gasteiger partial charge on any atom is 0.219 e. The van der Waals surface area contributed by atoms with Crippen LogP contribution in [0, 0.1) is 0 Å². The normalized spacial score (nSPS) is 10.3. The van der Waals surface area contributed by atoms with Crippen LogP contribution in [0.4, 0.5) is 0 Å². The molecule has 0 aliphatic rings. The zero-order valence-electron chi connectivity index (χ0n) is 8.05. The number of rotatable bonds is 5. The van der Waals surface area contributed by atoms with E-state index < -0.39 is 0 Å². The molecule has 1 N–H and O–H groups in total. The van der Waals surface area contributed by atoms with Crippen LogP contribution in [0.1, 0.15) is 13.3 Å². The summed E-state index contributed by atoms with van der Waals surface area (Å²) in [6, 6.07) is 0. The number of hydrogen-bond donors (Lipinski definition) is 1. The Balaban J connectivity index is 3.14. The molecule has 12 heavy (non-hydrogen) atoms. The number of quaternary nitrogens is 1. The smallest absolute Gasteiger partial charge is 0.219 e. The monoisotopic (exact) mass is 208 g/mol. The fourth-order valence-electron chi connectivity index (χ4n) is 0.741. The highest BCUT2D eigenvalue weighted by Gasteiger charge is 1.98. The van der Waals surface area contributed by atoms with Gasteiger partial charge in [-0.2, -0.15) is 0 Å².